The molecule has 0 fully saturated rings. The lowest BCUT2D eigenvalue weighted by atomic mass is 10.0. The summed E-state index contributed by atoms with van der Waals surface area (Å²) in [6.45, 7) is 0.0794. The smallest absolute Gasteiger partial charge is 0.167 e. The second-order valence-electron chi connectivity index (χ2n) is 4.54. The molecule has 0 atom stereocenters. The predicted molar refractivity (Wildman–Crippen MR) is 89.6 cm³/mol. The van der Waals surface area contributed by atoms with Crippen LogP contribution in [0.2, 0.25) is 10.0 Å². The molecule has 0 unspecified atom stereocenters. The Balaban J connectivity index is 2.27. The number of ketones is 1. The zero-order valence-electron chi connectivity index (χ0n) is 12.3. The first-order valence-corrected chi connectivity index (χ1v) is 7.37. The second kappa shape index (κ2) is 7.87. The number of benzene rings is 1. The van der Waals surface area contributed by atoms with E-state index in [1.54, 1.807) is 18.2 Å². The maximum atomic E-state index is 12.5. The monoisotopic (exact) mass is 349 g/mol. The van der Waals surface area contributed by atoms with E-state index < -0.39 is 0 Å². The molecule has 23 heavy (non-hydrogen) atoms. The van der Waals surface area contributed by atoms with E-state index >= 15 is 0 Å². The molecule has 1 aromatic carbocycles. The summed E-state index contributed by atoms with van der Waals surface area (Å²) in [5.41, 5.74) is 0.983. The van der Waals surface area contributed by atoms with Gasteiger partial charge >= 0.3 is 0 Å². The lowest BCUT2D eigenvalue weighted by Crippen LogP contribution is -2.06. The minimum atomic E-state index is -0.159. The molecule has 1 aromatic heterocycles. The van der Waals surface area contributed by atoms with Crippen molar-refractivity contribution in [3.05, 3.63) is 51.8 Å². The summed E-state index contributed by atoms with van der Waals surface area (Å²) in [5, 5.41) is 0.700. The molecular formula is C17H13Cl2NO3. The van der Waals surface area contributed by atoms with E-state index in [1.807, 2.05) is 0 Å². The third-order valence-corrected chi connectivity index (χ3v) is 3.74. The van der Waals surface area contributed by atoms with Gasteiger partial charge in [0.25, 0.3) is 0 Å². The quantitative estimate of drug-likeness (QED) is 0.587. The lowest BCUT2D eigenvalue weighted by molar-refractivity contribution is 0.0992. The van der Waals surface area contributed by atoms with Crippen molar-refractivity contribution in [2.24, 2.45) is 0 Å². The minimum Gasteiger partial charge on any atom is -0.493 e. The van der Waals surface area contributed by atoms with Crippen LogP contribution in [0.1, 0.15) is 15.9 Å². The number of pyridine rings is 1. The number of Topliss-reactive ketones (excluding diaryl/α,β-unsaturated/α-hetero) is 1. The Morgan fingerprint density at radius 1 is 1.26 bits per heavy atom. The molecule has 0 bridgehead atoms. The number of halogens is 2. The topological polar surface area (TPSA) is 48.4 Å². The zero-order chi connectivity index (χ0) is 16.8. The van der Waals surface area contributed by atoms with Crippen LogP contribution in [0.4, 0.5) is 0 Å². The number of nitrogens with zero attached hydrogens (tertiary/aromatic N) is 1. The fourth-order valence-corrected chi connectivity index (χ4v) is 2.45. The van der Waals surface area contributed by atoms with Crippen molar-refractivity contribution in [2.75, 3.05) is 13.7 Å². The minimum absolute atomic E-state index is 0.0566. The van der Waals surface area contributed by atoms with Crippen molar-refractivity contribution in [2.45, 2.75) is 6.42 Å². The van der Waals surface area contributed by atoms with Gasteiger partial charge in [-0.1, -0.05) is 29.1 Å². The van der Waals surface area contributed by atoms with Gasteiger partial charge in [-0.3, -0.25) is 9.78 Å². The summed E-state index contributed by atoms with van der Waals surface area (Å²) >= 11 is 12.1. The van der Waals surface area contributed by atoms with Crippen molar-refractivity contribution < 1.29 is 14.3 Å². The average molecular weight is 350 g/mol. The van der Waals surface area contributed by atoms with E-state index in [9.17, 15) is 4.79 Å². The molecule has 0 aliphatic heterocycles. The summed E-state index contributed by atoms with van der Waals surface area (Å²) in [6.07, 6.45) is 8.14. The van der Waals surface area contributed by atoms with Crippen molar-refractivity contribution in [1.82, 2.24) is 4.98 Å². The van der Waals surface area contributed by atoms with Gasteiger partial charge in [0.1, 0.15) is 6.61 Å². The molecular weight excluding hydrogens is 337 g/mol. The fourth-order valence-electron chi connectivity index (χ4n) is 1.95. The van der Waals surface area contributed by atoms with Crippen LogP contribution >= 0.6 is 23.2 Å². The van der Waals surface area contributed by atoms with Gasteiger partial charge in [-0.05, 0) is 18.2 Å². The number of methoxy groups -OCH3 is 1. The molecule has 4 nitrogen and oxygen atoms in total. The van der Waals surface area contributed by atoms with Gasteiger partial charge in [0.2, 0.25) is 0 Å². The van der Waals surface area contributed by atoms with Crippen LogP contribution in [0.3, 0.4) is 0 Å². The SMILES string of the molecule is C#CCOc1cc(C(=O)Cc2c(Cl)cncc2Cl)ccc1OC. The standard InChI is InChI=1S/C17H13Cl2NO3/c1-3-6-23-17-7-11(4-5-16(17)22-2)15(21)8-12-13(18)9-20-10-14(12)19/h1,4-5,7,9-10H,6,8H2,2H3. The third kappa shape index (κ3) is 4.16. The first kappa shape index (κ1) is 17.1. The second-order valence-corrected chi connectivity index (χ2v) is 5.35. The molecule has 0 amide bonds. The van der Waals surface area contributed by atoms with Gasteiger partial charge < -0.3 is 9.47 Å². The molecule has 118 valence electrons. The molecule has 0 saturated heterocycles. The van der Waals surface area contributed by atoms with Gasteiger partial charge in [-0.15, -0.1) is 6.42 Å². The normalized spacial score (nSPS) is 10.0. The van der Waals surface area contributed by atoms with Crippen LogP contribution in [0.5, 0.6) is 11.5 Å². The molecule has 1 heterocycles. The summed E-state index contributed by atoms with van der Waals surface area (Å²) in [7, 11) is 1.51. The number of carbonyl (C=O) groups is 1. The molecule has 0 saturated carbocycles. The maximum Gasteiger partial charge on any atom is 0.167 e. The molecule has 0 radical (unpaired) electrons. The predicted octanol–water partition coefficient (Wildman–Crippen LogP) is 3.83. The number of carbonyl (C=O) groups excluding carboxylic acids is 1. The van der Waals surface area contributed by atoms with E-state index in [-0.39, 0.29) is 18.8 Å². The first-order chi connectivity index (χ1) is 11.1. The summed E-state index contributed by atoms with van der Waals surface area (Å²) < 4.78 is 10.6. The highest BCUT2D eigenvalue weighted by Gasteiger charge is 2.15. The van der Waals surface area contributed by atoms with Crippen molar-refractivity contribution in [1.29, 1.82) is 0 Å². The van der Waals surface area contributed by atoms with Crippen molar-refractivity contribution in [3.63, 3.8) is 0 Å². The summed E-state index contributed by atoms with van der Waals surface area (Å²) in [5.74, 6) is 3.11. The molecule has 2 rings (SSSR count). The van der Waals surface area contributed by atoms with Crippen LogP contribution in [0.25, 0.3) is 0 Å². The maximum absolute atomic E-state index is 12.5. The van der Waals surface area contributed by atoms with E-state index in [1.165, 1.54) is 19.5 Å². The van der Waals surface area contributed by atoms with Crippen molar-refractivity contribution >= 4 is 29.0 Å². The summed E-state index contributed by atoms with van der Waals surface area (Å²) in [4.78, 5) is 16.3. The number of terminal acetylenes is 1. The van der Waals surface area contributed by atoms with E-state index in [0.717, 1.165) is 0 Å². The van der Waals surface area contributed by atoms with Gasteiger partial charge in [0.05, 0.1) is 17.2 Å². The van der Waals surface area contributed by atoms with Crippen LogP contribution in [-0.2, 0) is 6.42 Å². The summed E-state index contributed by atoms with van der Waals surface area (Å²) in [6, 6.07) is 4.88. The molecule has 6 heteroatoms. The number of aromatic nitrogens is 1. The first-order valence-electron chi connectivity index (χ1n) is 6.62. The van der Waals surface area contributed by atoms with Crippen LogP contribution < -0.4 is 9.47 Å². The molecule has 2 aromatic rings. The van der Waals surface area contributed by atoms with Gasteiger partial charge in [0, 0.05) is 29.9 Å². The number of ether oxygens (including phenoxy) is 2. The zero-order valence-corrected chi connectivity index (χ0v) is 13.8. The Bertz CT molecular complexity index is 749. The highest BCUT2D eigenvalue weighted by Crippen LogP contribution is 2.30. The highest BCUT2D eigenvalue weighted by atomic mass is 35.5. The molecule has 0 spiro atoms. The Morgan fingerprint density at radius 3 is 2.57 bits per heavy atom. The Labute approximate surface area is 144 Å². The largest absolute Gasteiger partial charge is 0.493 e. The van der Waals surface area contributed by atoms with Crippen LogP contribution in [0.15, 0.2) is 30.6 Å². The lowest BCUT2D eigenvalue weighted by Gasteiger charge is -2.11. The number of hydrogen-bond donors (Lipinski definition) is 0. The molecule has 0 N–H and O–H groups in total. The third-order valence-electron chi connectivity index (χ3n) is 3.09. The van der Waals surface area contributed by atoms with Crippen LogP contribution in [-0.4, -0.2) is 24.5 Å². The Hall–Kier alpha value is -2.22. The Kier molecular flexibility index (Phi) is 5.86. The average Bonchev–Trinajstić information content (AvgIpc) is 2.56. The van der Waals surface area contributed by atoms with Gasteiger partial charge in [-0.2, -0.15) is 0 Å². The molecule has 0 aliphatic rings. The van der Waals surface area contributed by atoms with Gasteiger partial charge in [-0.25, -0.2) is 0 Å². The number of hydrogen-bond acceptors (Lipinski definition) is 4. The van der Waals surface area contributed by atoms with Crippen LogP contribution in [0, 0.1) is 12.3 Å². The Morgan fingerprint density at radius 2 is 1.96 bits per heavy atom. The van der Waals surface area contributed by atoms with Gasteiger partial charge in [0.15, 0.2) is 17.3 Å². The number of rotatable bonds is 6. The van der Waals surface area contributed by atoms with E-state index in [2.05, 4.69) is 10.9 Å². The van der Waals surface area contributed by atoms with E-state index in [4.69, 9.17) is 39.1 Å². The fraction of sp³-hybridized carbons (Fsp3) is 0.176. The highest BCUT2D eigenvalue weighted by molar-refractivity contribution is 6.36. The van der Waals surface area contributed by atoms with E-state index in [0.29, 0.717) is 32.7 Å². The molecule has 0 aliphatic carbocycles. The van der Waals surface area contributed by atoms with Crippen molar-refractivity contribution in [3.8, 4) is 23.8 Å².